The zero-order valence-electron chi connectivity index (χ0n) is 15.0. The molecule has 0 aliphatic heterocycles. The maximum atomic E-state index is 12.0. The molecule has 1 aromatic carbocycles. The minimum atomic E-state index is -0.153. The lowest BCUT2D eigenvalue weighted by molar-refractivity contribution is -0.116. The third-order valence-electron chi connectivity index (χ3n) is 3.74. The number of Topliss-reactive ketones (excluding diaryl/α,β-unsaturated/α-hetero) is 1. The quantitative estimate of drug-likeness (QED) is 0.439. The van der Waals surface area contributed by atoms with E-state index in [4.69, 9.17) is 16.3 Å². The van der Waals surface area contributed by atoms with E-state index in [1.165, 1.54) is 18.3 Å². The van der Waals surface area contributed by atoms with Crippen molar-refractivity contribution >= 4 is 55.7 Å². The molecule has 0 saturated carbocycles. The van der Waals surface area contributed by atoms with E-state index in [9.17, 15) is 9.59 Å². The fourth-order valence-electron chi connectivity index (χ4n) is 2.38. The van der Waals surface area contributed by atoms with Crippen LogP contribution in [-0.2, 0) is 4.79 Å². The van der Waals surface area contributed by atoms with Crippen molar-refractivity contribution in [3.8, 4) is 5.75 Å². The second kappa shape index (κ2) is 8.97. The van der Waals surface area contributed by atoms with Crippen molar-refractivity contribution < 1.29 is 14.3 Å². The van der Waals surface area contributed by atoms with Gasteiger partial charge >= 0.3 is 0 Å². The minimum Gasteiger partial charge on any atom is -0.492 e. The predicted molar refractivity (Wildman–Crippen MR) is 109 cm³/mol. The Bertz CT molecular complexity index is 851. The number of anilines is 1. The van der Waals surface area contributed by atoms with Crippen LogP contribution < -0.4 is 10.1 Å². The molecule has 5 nitrogen and oxygen atoms in total. The molecule has 0 atom stereocenters. The lowest BCUT2D eigenvalue weighted by atomic mass is 10.1. The van der Waals surface area contributed by atoms with Crippen LogP contribution in [0.5, 0.6) is 5.75 Å². The molecule has 0 fully saturated rings. The van der Waals surface area contributed by atoms with Crippen LogP contribution >= 0.6 is 38.9 Å². The largest absolute Gasteiger partial charge is 0.492 e. The number of amides is 1. The maximum Gasteiger partial charge on any atom is 0.226 e. The molecule has 2 rings (SSSR count). The fraction of sp³-hybridized carbons (Fsp3) is 0.389. The summed E-state index contributed by atoms with van der Waals surface area (Å²) in [5, 5.41) is 3.89. The Morgan fingerprint density at radius 3 is 2.65 bits per heavy atom. The average Bonchev–Trinajstić information content (AvgIpc) is 2.94. The molecule has 0 bridgehead atoms. The van der Waals surface area contributed by atoms with Gasteiger partial charge in [-0.2, -0.15) is 0 Å². The third kappa shape index (κ3) is 5.05. The Kier molecular flexibility index (Phi) is 7.20. The number of carbonyl (C=O) groups excluding carboxylic acids is 2. The maximum absolute atomic E-state index is 12.0. The molecule has 1 heterocycles. The number of hydrogen-bond acceptors (Lipinski definition) is 5. The standard InChI is InChI=1S/C18H20BrClN2O3S/c1-9-8-13(15(19)10(2)16(9)20)25-7-5-6-14(24)22-18-21-11(3)17(26-18)12(4)23/h8H,5-7H2,1-4H3,(H,21,22,24). The van der Waals surface area contributed by atoms with Gasteiger partial charge in [-0.25, -0.2) is 4.98 Å². The van der Waals surface area contributed by atoms with E-state index in [0.29, 0.717) is 45.9 Å². The number of nitrogens with one attached hydrogen (secondary N) is 1. The summed E-state index contributed by atoms with van der Waals surface area (Å²) >= 11 is 10.9. The van der Waals surface area contributed by atoms with Crippen molar-refractivity contribution in [3.63, 3.8) is 0 Å². The second-order valence-electron chi connectivity index (χ2n) is 5.93. The van der Waals surface area contributed by atoms with Crippen LogP contribution in [0.1, 0.15) is 46.3 Å². The van der Waals surface area contributed by atoms with Gasteiger partial charge in [0.25, 0.3) is 0 Å². The van der Waals surface area contributed by atoms with Gasteiger partial charge in [0.2, 0.25) is 5.91 Å². The van der Waals surface area contributed by atoms with E-state index in [2.05, 4.69) is 26.2 Å². The zero-order valence-corrected chi connectivity index (χ0v) is 18.2. The Hall–Kier alpha value is -1.44. The van der Waals surface area contributed by atoms with Gasteiger partial charge < -0.3 is 10.1 Å². The summed E-state index contributed by atoms with van der Waals surface area (Å²) in [5.41, 5.74) is 2.51. The van der Waals surface area contributed by atoms with Crippen LogP contribution in [0.2, 0.25) is 5.02 Å². The molecule has 140 valence electrons. The first kappa shape index (κ1) is 20.9. The van der Waals surface area contributed by atoms with E-state index in [-0.39, 0.29) is 11.7 Å². The normalized spacial score (nSPS) is 10.7. The first-order valence-corrected chi connectivity index (χ1v) is 10.1. The first-order valence-electron chi connectivity index (χ1n) is 8.07. The summed E-state index contributed by atoms with van der Waals surface area (Å²) < 4.78 is 6.59. The summed E-state index contributed by atoms with van der Waals surface area (Å²) in [4.78, 5) is 28.2. The molecule has 0 aliphatic rings. The second-order valence-corrected chi connectivity index (χ2v) is 8.10. The molecular formula is C18H20BrClN2O3S. The van der Waals surface area contributed by atoms with Crippen LogP contribution in [0.25, 0.3) is 0 Å². The van der Waals surface area contributed by atoms with E-state index in [1.54, 1.807) is 6.92 Å². The van der Waals surface area contributed by atoms with Gasteiger partial charge in [-0.05, 0) is 60.3 Å². The molecule has 0 saturated heterocycles. The summed E-state index contributed by atoms with van der Waals surface area (Å²) in [6.45, 7) is 7.49. The number of hydrogen-bond donors (Lipinski definition) is 1. The first-order chi connectivity index (χ1) is 12.2. The van der Waals surface area contributed by atoms with Gasteiger partial charge in [0, 0.05) is 18.4 Å². The number of ether oxygens (including phenoxy) is 1. The number of rotatable bonds is 7. The number of aryl methyl sites for hydroxylation is 2. The number of benzene rings is 1. The average molecular weight is 460 g/mol. The van der Waals surface area contributed by atoms with E-state index >= 15 is 0 Å². The van der Waals surface area contributed by atoms with Crippen LogP contribution in [0.4, 0.5) is 5.13 Å². The van der Waals surface area contributed by atoms with Crippen molar-refractivity contribution in [3.05, 3.63) is 37.3 Å². The van der Waals surface area contributed by atoms with Crippen LogP contribution in [0.3, 0.4) is 0 Å². The Balaban J connectivity index is 1.84. The molecule has 1 N–H and O–H groups in total. The van der Waals surface area contributed by atoms with Crippen LogP contribution in [-0.4, -0.2) is 23.3 Å². The molecule has 1 amide bonds. The lowest BCUT2D eigenvalue weighted by Gasteiger charge is -2.13. The van der Waals surface area contributed by atoms with Crippen molar-refractivity contribution in [2.45, 2.75) is 40.5 Å². The summed E-state index contributed by atoms with van der Waals surface area (Å²) in [5.74, 6) is 0.513. The SMILES string of the molecule is CC(=O)c1sc(NC(=O)CCCOc2cc(C)c(Cl)c(C)c2Br)nc1C. The molecule has 0 aliphatic carbocycles. The van der Waals surface area contributed by atoms with E-state index in [0.717, 1.165) is 15.6 Å². The molecule has 0 radical (unpaired) electrons. The molecular weight excluding hydrogens is 440 g/mol. The van der Waals surface area contributed by atoms with Gasteiger partial charge in [0.05, 0.1) is 21.7 Å². The van der Waals surface area contributed by atoms with Crippen molar-refractivity contribution in [1.82, 2.24) is 4.98 Å². The monoisotopic (exact) mass is 458 g/mol. The minimum absolute atomic E-state index is 0.0481. The van der Waals surface area contributed by atoms with Crippen molar-refractivity contribution in [1.29, 1.82) is 0 Å². The van der Waals surface area contributed by atoms with E-state index < -0.39 is 0 Å². The van der Waals surface area contributed by atoms with Gasteiger partial charge in [-0.1, -0.05) is 22.9 Å². The number of aromatic nitrogens is 1. The van der Waals surface area contributed by atoms with Crippen LogP contribution in [0.15, 0.2) is 10.5 Å². The predicted octanol–water partition coefficient (Wildman–Crippen LogP) is 5.48. The van der Waals surface area contributed by atoms with Crippen LogP contribution in [0, 0.1) is 20.8 Å². The zero-order chi connectivity index (χ0) is 19.4. The summed E-state index contributed by atoms with van der Waals surface area (Å²) in [6, 6.07) is 1.88. The number of halogens is 2. The summed E-state index contributed by atoms with van der Waals surface area (Å²) in [7, 11) is 0. The third-order valence-corrected chi connectivity index (χ3v) is 6.48. The molecule has 26 heavy (non-hydrogen) atoms. The van der Waals surface area contributed by atoms with Crippen molar-refractivity contribution in [2.24, 2.45) is 0 Å². The van der Waals surface area contributed by atoms with E-state index in [1.807, 2.05) is 19.9 Å². The fourth-order valence-corrected chi connectivity index (χ4v) is 3.95. The topological polar surface area (TPSA) is 68.3 Å². The Morgan fingerprint density at radius 1 is 1.35 bits per heavy atom. The van der Waals surface area contributed by atoms with Gasteiger partial charge in [-0.15, -0.1) is 0 Å². The number of nitrogens with zero attached hydrogens (tertiary/aromatic N) is 1. The highest BCUT2D eigenvalue weighted by Crippen LogP contribution is 2.35. The molecule has 2 aromatic rings. The number of ketones is 1. The van der Waals surface area contributed by atoms with Crippen molar-refractivity contribution in [2.75, 3.05) is 11.9 Å². The lowest BCUT2D eigenvalue weighted by Crippen LogP contribution is -2.12. The molecule has 0 unspecified atom stereocenters. The molecule has 0 spiro atoms. The smallest absolute Gasteiger partial charge is 0.226 e. The molecule has 8 heteroatoms. The van der Waals surface area contributed by atoms with Gasteiger partial charge in [0.15, 0.2) is 10.9 Å². The highest BCUT2D eigenvalue weighted by molar-refractivity contribution is 9.10. The summed E-state index contributed by atoms with van der Waals surface area (Å²) in [6.07, 6.45) is 0.861. The number of carbonyl (C=O) groups is 2. The van der Waals surface area contributed by atoms with Gasteiger partial charge in [0.1, 0.15) is 5.75 Å². The highest BCUT2D eigenvalue weighted by atomic mass is 79.9. The molecule has 1 aromatic heterocycles. The Labute approximate surface area is 170 Å². The highest BCUT2D eigenvalue weighted by Gasteiger charge is 2.14. The Morgan fingerprint density at radius 2 is 2.04 bits per heavy atom. The number of thiazole rings is 1. The van der Waals surface area contributed by atoms with Gasteiger partial charge in [-0.3, -0.25) is 9.59 Å².